The summed E-state index contributed by atoms with van der Waals surface area (Å²) in [5.41, 5.74) is 2.14. The van der Waals surface area contributed by atoms with Crippen LogP contribution in [0.15, 0.2) is 18.2 Å². The number of aryl methyl sites for hydroxylation is 1. The predicted octanol–water partition coefficient (Wildman–Crippen LogP) is 3.75. The van der Waals surface area contributed by atoms with Gasteiger partial charge in [-0.15, -0.1) is 0 Å². The van der Waals surface area contributed by atoms with Crippen LogP contribution in [0.2, 0.25) is 5.02 Å². The van der Waals surface area contributed by atoms with E-state index < -0.39 is 0 Å². The van der Waals surface area contributed by atoms with Crippen molar-refractivity contribution >= 4 is 22.6 Å². The van der Waals surface area contributed by atoms with Crippen LogP contribution < -0.4 is 0 Å². The third-order valence-corrected chi connectivity index (χ3v) is 2.69. The van der Waals surface area contributed by atoms with Crippen molar-refractivity contribution in [2.24, 2.45) is 0 Å². The van der Waals surface area contributed by atoms with Crippen molar-refractivity contribution < 1.29 is 0 Å². The summed E-state index contributed by atoms with van der Waals surface area (Å²) < 4.78 is 2.22. The van der Waals surface area contributed by atoms with E-state index in [0.717, 1.165) is 21.9 Å². The van der Waals surface area contributed by atoms with E-state index in [0.29, 0.717) is 0 Å². The van der Waals surface area contributed by atoms with Crippen LogP contribution in [-0.2, 0) is 5.54 Å². The highest BCUT2D eigenvalue weighted by Gasteiger charge is 2.19. The maximum absolute atomic E-state index is 6.01. The topological polar surface area (TPSA) is 17.8 Å². The predicted molar refractivity (Wildman–Crippen MR) is 64.5 cm³/mol. The van der Waals surface area contributed by atoms with E-state index in [4.69, 9.17) is 11.6 Å². The molecule has 1 aromatic carbocycles. The van der Waals surface area contributed by atoms with Crippen LogP contribution in [0.4, 0.5) is 0 Å². The van der Waals surface area contributed by atoms with Gasteiger partial charge in [-0.2, -0.15) is 0 Å². The Labute approximate surface area is 94.9 Å². The summed E-state index contributed by atoms with van der Waals surface area (Å²) >= 11 is 6.01. The van der Waals surface area contributed by atoms with Gasteiger partial charge in [-0.05, 0) is 45.9 Å². The molecular formula is C12H15ClN2. The Hall–Kier alpha value is -1.02. The number of rotatable bonds is 0. The Morgan fingerprint density at radius 1 is 1.27 bits per heavy atom. The van der Waals surface area contributed by atoms with E-state index in [9.17, 15) is 0 Å². The van der Waals surface area contributed by atoms with Gasteiger partial charge in [0.25, 0.3) is 0 Å². The first kappa shape index (κ1) is 10.5. The summed E-state index contributed by atoms with van der Waals surface area (Å²) in [7, 11) is 0. The number of fused-ring (bicyclic) bond motifs is 1. The molecule has 0 radical (unpaired) electrons. The number of nitrogens with zero attached hydrogens (tertiary/aromatic N) is 2. The van der Waals surface area contributed by atoms with Crippen molar-refractivity contribution in [3.8, 4) is 0 Å². The molecule has 0 aliphatic rings. The molecule has 1 heterocycles. The van der Waals surface area contributed by atoms with E-state index in [1.807, 2.05) is 25.1 Å². The Morgan fingerprint density at radius 2 is 1.93 bits per heavy atom. The van der Waals surface area contributed by atoms with E-state index in [-0.39, 0.29) is 5.54 Å². The quantitative estimate of drug-likeness (QED) is 0.664. The minimum atomic E-state index is 0.0313. The summed E-state index contributed by atoms with van der Waals surface area (Å²) in [6, 6.07) is 5.82. The molecule has 15 heavy (non-hydrogen) atoms. The average Bonchev–Trinajstić information content (AvgIpc) is 2.38. The van der Waals surface area contributed by atoms with Gasteiger partial charge in [0.1, 0.15) is 5.82 Å². The molecule has 0 N–H and O–H groups in total. The van der Waals surface area contributed by atoms with Gasteiger partial charge in [0, 0.05) is 10.6 Å². The van der Waals surface area contributed by atoms with Crippen molar-refractivity contribution in [3.63, 3.8) is 0 Å². The molecular weight excluding hydrogens is 208 g/mol. The van der Waals surface area contributed by atoms with Crippen LogP contribution in [0.1, 0.15) is 26.6 Å². The first-order valence-corrected chi connectivity index (χ1v) is 5.42. The summed E-state index contributed by atoms with van der Waals surface area (Å²) in [4.78, 5) is 4.52. The van der Waals surface area contributed by atoms with Gasteiger partial charge in [0.15, 0.2) is 0 Å². The minimum absolute atomic E-state index is 0.0313. The minimum Gasteiger partial charge on any atom is -0.323 e. The number of halogens is 1. The summed E-state index contributed by atoms with van der Waals surface area (Å²) in [5, 5.41) is 0.757. The van der Waals surface area contributed by atoms with Gasteiger partial charge in [-0.1, -0.05) is 11.6 Å². The van der Waals surface area contributed by atoms with Gasteiger partial charge in [-0.3, -0.25) is 0 Å². The second-order valence-electron chi connectivity index (χ2n) is 4.80. The van der Waals surface area contributed by atoms with Gasteiger partial charge >= 0.3 is 0 Å². The third kappa shape index (κ3) is 1.74. The first-order chi connectivity index (χ1) is 6.89. The Balaban J connectivity index is 2.82. The van der Waals surface area contributed by atoms with Gasteiger partial charge < -0.3 is 4.57 Å². The van der Waals surface area contributed by atoms with Crippen LogP contribution >= 0.6 is 11.6 Å². The second-order valence-corrected chi connectivity index (χ2v) is 5.23. The van der Waals surface area contributed by atoms with Crippen molar-refractivity contribution in [1.82, 2.24) is 9.55 Å². The Kier molecular flexibility index (Phi) is 2.27. The molecule has 2 aromatic rings. The molecule has 80 valence electrons. The number of hydrogen-bond donors (Lipinski definition) is 0. The lowest BCUT2D eigenvalue weighted by Gasteiger charge is -2.23. The second kappa shape index (κ2) is 3.24. The molecule has 3 heteroatoms. The summed E-state index contributed by atoms with van der Waals surface area (Å²) in [6.45, 7) is 8.53. The van der Waals surface area contributed by atoms with Gasteiger partial charge in [0.2, 0.25) is 0 Å². The lowest BCUT2D eigenvalue weighted by molar-refractivity contribution is 0.400. The molecule has 0 saturated carbocycles. The standard InChI is InChI=1S/C12H15ClN2/c1-8-14-10-6-5-9(13)7-11(10)15(8)12(2,3)4/h5-7H,1-4H3. The van der Waals surface area contributed by atoms with Crippen LogP contribution in [-0.4, -0.2) is 9.55 Å². The van der Waals surface area contributed by atoms with Crippen molar-refractivity contribution in [1.29, 1.82) is 0 Å². The van der Waals surface area contributed by atoms with E-state index >= 15 is 0 Å². The Morgan fingerprint density at radius 3 is 2.53 bits per heavy atom. The van der Waals surface area contributed by atoms with E-state index in [1.165, 1.54) is 0 Å². The maximum Gasteiger partial charge on any atom is 0.107 e. The van der Waals surface area contributed by atoms with Gasteiger partial charge in [-0.25, -0.2) is 4.98 Å². The lowest BCUT2D eigenvalue weighted by Crippen LogP contribution is -2.22. The van der Waals surface area contributed by atoms with Crippen LogP contribution in [0, 0.1) is 6.92 Å². The van der Waals surface area contributed by atoms with Crippen LogP contribution in [0.25, 0.3) is 11.0 Å². The highest BCUT2D eigenvalue weighted by Crippen LogP contribution is 2.26. The molecule has 0 saturated heterocycles. The van der Waals surface area contributed by atoms with E-state index in [1.54, 1.807) is 0 Å². The lowest BCUT2D eigenvalue weighted by atomic mass is 10.1. The van der Waals surface area contributed by atoms with Crippen molar-refractivity contribution in [2.45, 2.75) is 33.2 Å². The highest BCUT2D eigenvalue weighted by molar-refractivity contribution is 6.31. The molecule has 0 unspecified atom stereocenters. The third-order valence-electron chi connectivity index (χ3n) is 2.46. The zero-order valence-corrected chi connectivity index (χ0v) is 10.3. The highest BCUT2D eigenvalue weighted by atomic mass is 35.5. The maximum atomic E-state index is 6.01. The number of hydrogen-bond acceptors (Lipinski definition) is 1. The fourth-order valence-electron chi connectivity index (χ4n) is 2.02. The zero-order valence-electron chi connectivity index (χ0n) is 9.50. The summed E-state index contributed by atoms with van der Waals surface area (Å²) in [5.74, 6) is 1.03. The fraction of sp³-hybridized carbons (Fsp3) is 0.417. The SMILES string of the molecule is Cc1nc2ccc(Cl)cc2n1C(C)(C)C. The smallest absolute Gasteiger partial charge is 0.107 e. The number of imidazole rings is 1. The molecule has 0 spiro atoms. The molecule has 0 fully saturated rings. The largest absolute Gasteiger partial charge is 0.323 e. The monoisotopic (exact) mass is 222 g/mol. The average molecular weight is 223 g/mol. The van der Waals surface area contributed by atoms with E-state index in [2.05, 4.69) is 30.3 Å². The van der Waals surface area contributed by atoms with Gasteiger partial charge in [0.05, 0.1) is 11.0 Å². The molecule has 0 aliphatic carbocycles. The first-order valence-electron chi connectivity index (χ1n) is 5.05. The van der Waals surface area contributed by atoms with Crippen LogP contribution in [0.3, 0.4) is 0 Å². The Bertz CT molecular complexity index is 506. The molecule has 1 aromatic heterocycles. The van der Waals surface area contributed by atoms with Crippen molar-refractivity contribution in [3.05, 3.63) is 29.0 Å². The molecule has 0 bridgehead atoms. The summed E-state index contributed by atoms with van der Waals surface area (Å²) in [6.07, 6.45) is 0. The molecule has 0 amide bonds. The molecule has 2 rings (SSSR count). The van der Waals surface area contributed by atoms with Crippen LogP contribution in [0.5, 0.6) is 0 Å². The molecule has 0 atom stereocenters. The van der Waals surface area contributed by atoms with Crippen molar-refractivity contribution in [2.75, 3.05) is 0 Å². The number of benzene rings is 1. The normalized spacial score (nSPS) is 12.3. The number of aromatic nitrogens is 2. The molecule has 0 aliphatic heterocycles. The zero-order chi connectivity index (χ0) is 11.2. The molecule has 2 nitrogen and oxygen atoms in total. The fourth-order valence-corrected chi connectivity index (χ4v) is 2.18.